The van der Waals surface area contributed by atoms with Crippen molar-refractivity contribution in [1.82, 2.24) is 9.80 Å². The Kier molecular flexibility index (Phi) is 4.58. The molecule has 4 saturated heterocycles. The van der Waals surface area contributed by atoms with Gasteiger partial charge in [-0.1, -0.05) is 36.4 Å². The van der Waals surface area contributed by atoms with Crippen LogP contribution in [0.2, 0.25) is 0 Å². The number of likely N-dealkylation sites (tertiary alicyclic amines) is 1. The zero-order chi connectivity index (χ0) is 19.1. The number of nitrogens with zero attached hydrogens (tertiary/aromatic N) is 3. The lowest BCUT2D eigenvalue weighted by molar-refractivity contribution is -0.00881. The Bertz CT molecular complexity index is 897. The number of para-hydroxylation sites is 1. The summed E-state index contributed by atoms with van der Waals surface area (Å²) in [6.07, 6.45) is 2.60. The molecule has 2 aromatic rings. The minimum atomic E-state index is 0.457. The molecular formula is C24H27N3O. The van der Waals surface area contributed by atoms with Crippen LogP contribution in [0, 0.1) is 17.2 Å². The van der Waals surface area contributed by atoms with Crippen LogP contribution in [0.25, 0.3) is 0 Å². The van der Waals surface area contributed by atoms with Gasteiger partial charge in [-0.15, -0.1) is 0 Å². The molecule has 0 saturated carbocycles. The number of piperidine rings is 3. The van der Waals surface area contributed by atoms with Crippen molar-refractivity contribution in [2.24, 2.45) is 5.92 Å². The first-order valence-electron chi connectivity index (χ1n) is 10.4. The van der Waals surface area contributed by atoms with Gasteiger partial charge in [0.1, 0.15) is 5.75 Å². The van der Waals surface area contributed by atoms with E-state index >= 15 is 0 Å². The first kappa shape index (κ1) is 17.7. The van der Waals surface area contributed by atoms with Crippen LogP contribution in [-0.4, -0.2) is 48.6 Å². The molecule has 4 nitrogen and oxygen atoms in total. The molecule has 4 aliphatic heterocycles. The third-order valence-electron chi connectivity index (χ3n) is 7.14. The van der Waals surface area contributed by atoms with Crippen LogP contribution >= 0.6 is 0 Å². The summed E-state index contributed by atoms with van der Waals surface area (Å²) in [6, 6.07) is 20.1. The average molecular weight is 374 g/mol. The fourth-order valence-corrected chi connectivity index (χ4v) is 5.95. The summed E-state index contributed by atoms with van der Waals surface area (Å²) in [5.74, 6) is 2.23. The summed E-state index contributed by atoms with van der Waals surface area (Å²) >= 11 is 0. The highest BCUT2D eigenvalue weighted by Gasteiger charge is 2.53. The number of hydrogen-bond acceptors (Lipinski definition) is 4. The van der Waals surface area contributed by atoms with E-state index in [0.29, 0.717) is 18.0 Å². The highest BCUT2D eigenvalue weighted by Crippen LogP contribution is 2.48. The standard InChI is InChI=1S/C24H27N3O/c1-28-22-9-5-4-8-20(22)21-16-27(15-19-7-3-2-6-18(19)14-25)23-17-10-12-26(13-11-17)24(21)23/h2-9,17,21,23-24H,10-13,15-16H2,1H3/t21-,23-,24-/m1/s1. The normalized spacial score (nSPS) is 31.4. The number of benzene rings is 2. The van der Waals surface area contributed by atoms with Crippen LogP contribution in [0.5, 0.6) is 5.75 Å². The van der Waals surface area contributed by atoms with E-state index in [2.05, 4.69) is 52.3 Å². The van der Waals surface area contributed by atoms with Gasteiger partial charge in [-0.3, -0.25) is 9.80 Å². The lowest BCUT2D eigenvalue weighted by atomic mass is 9.75. The van der Waals surface area contributed by atoms with E-state index in [1.165, 1.54) is 31.5 Å². The summed E-state index contributed by atoms with van der Waals surface area (Å²) in [4.78, 5) is 5.38. The SMILES string of the molecule is COc1ccccc1[C@H]1CN(Cc2ccccc2C#N)[C@@H]2C3CCN(CC3)[C@H]12. The molecule has 0 aliphatic carbocycles. The maximum Gasteiger partial charge on any atom is 0.122 e. The monoisotopic (exact) mass is 373 g/mol. The van der Waals surface area contributed by atoms with Gasteiger partial charge in [0, 0.05) is 36.7 Å². The maximum absolute atomic E-state index is 9.54. The molecule has 4 heterocycles. The molecule has 4 heteroatoms. The van der Waals surface area contributed by atoms with Crippen molar-refractivity contribution in [2.75, 3.05) is 26.7 Å². The molecule has 0 amide bonds. The molecular weight excluding hydrogens is 346 g/mol. The second-order valence-corrected chi connectivity index (χ2v) is 8.40. The van der Waals surface area contributed by atoms with Crippen LogP contribution in [0.4, 0.5) is 0 Å². The minimum absolute atomic E-state index is 0.457. The number of hydrogen-bond donors (Lipinski definition) is 0. The van der Waals surface area contributed by atoms with Crippen molar-refractivity contribution in [2.45, 2.75) is 37.4 Å². The Morgan fingerprint density at radius 3 is 2.57 bits per heavy atom. The number of fused-ring (bicyclic) bond motifs is 2. The van der Waals surface area contributed by atoms with Crippen LogP contribution < -0.4 is 4.74 Å². The number of nitriles is 1. The molecule has 6 rings (SSSR count). The first-order chi connectivity index (χ1) is 13.8. The maximum atomic E-state index is 9.54. The average Bonchev–Trinajstić information content (AvgIpc) is 3.16. The summed E-state index contributed by atoms with van der Waals surface area (Å²) in [6.45, 7) is 4.34. The third kappa shape index (κ3) is 2.82. The largest absolute Gasteiger partial charge is 0.496 e. The smallest absolute Gasteiger partial charge is 0.122 e. The van der Waals surface area contributed by atoms with Gasteiger partial charge in [0.05, 0.1) is 18.7 Å². The topological polar surface area (TPSA) is 39.5 Å². The van der Waals surface area contributed by atoms with Gasteiger partial charge >= 0.3 is 0 Å². The molecule has 2 bridgehead atoms. The Balaban J connectivity index is 1.52. The molecule has 2 aromatic carbocycles. The second kappa shape index (κ2) is 7.24. The Labute approximate surface area is 167 Å². The van der Waals surface area contributed by atoms with Crippen LogP contribution in [0.1, 0.15) is 35.4 Å². The number of methoxy groups -OCH3 is 1. The lowest BCUT2D eigenvalue weighted by Gasteiger charge is -2.51. The number of ether oxygens (including phenoxy) is 1. The zero-order valence-electron chi connectivity index (χ0n) is 16.4. The van der Waals surface area contributed by atoms with Gasteiger partial charge in [0.2, 0.25) is 0 Å². The van der Waals surface area contributed by atoms with Gasteiger partial charge in [0.25, 0.3) is 0 Å². The highest BCUT2D eigenvalue weighted by molar-refractivity contribution is 5.41. The zero-order valence-corrected chi connectivity index (χ0v) is 16.4. The van der Waals surface area contributed by atoms with E-state index in [4.69, 9.17) is 4.74 Å². The lowest BCUT2D eigenvalue weighted by Crippen LogP contribution is -2.60. The Morgan fingerprint density at radius 1 is 1.04 bits per heavy atom. The molecule has 28 heavy (non-hydrogen) atoms. The van der Waals surface area contributed by atoms with E-state index in [9.17, 15) is 5.26 Å². The van der Waals surface area contributed by atoms with E-state index in [0.717, 1.165) is 35.9 Å². The summed E-state index contributed by atoms with van der Waals surface area (Å²) in [5.41, 5.74) is 3.30. The second-order valence-electron chi connectivity index (χ2n) is 8.40. The van der Waals surface area contributed by atoms with Gasteiger partial charge in [-0.05, 0) is 49.5 Å². The fraction of sp³-hybridized carbons (Fsp3) is 0.458. The van der Waals surface area contributed by atoms with E-state index in [1.807, 2.05) is 12.1 Å². The molecule has 0 spiro atoms. The predicted octanol–water partition coefficient (Wildman–Crippen LogP) is 3.63. The predicted molar refractivity (Wildman–Crippen MR) is 109 cm³/mol. The summed E-state index contributed by atoms with van der Waals surface area (Å²) in [5, 5.41) is 9.54. The molecule has 4 aliphatic rings. The summed E-state index contributed by atoms with van der Waals surface area (Å²) < 4.78 is 5.73. The van der Waals surface area contributed by atoms with E-state index in [1.54, 1.807) is 7.11 Å². The quantitative estimate of drug-likeness (QED) is 0.820. The Morgan fingerprint density at radius 2 is 1.79 bits per heavy atom. The van der Waals surface area contributed by atoms with Crippen LogP contribution in [-0.2, 0) is 6.54 Å². The van der Waals surface area contributed by atoms with Crippen molar-refractivity contribution in [3.63, 3.8) is 0 Å². The van der Waals surface area contributed by atoms with Gasteiger partial charge in [0.15, 0.2) is 0 Å². The highest BCUT2D eigenvalue weighted by atomic mass is 16.5. The fourth-order valence-electron chi connectivity index (χ4n) is 5.95. The Hall–Kier alpha value is -2.35. The van der Waals surface area contributed by atoms with Crippen molar-refractivity contribution in [3.8, 4) is 11.8 Å². The minimum Gasteiger partial charge on any atom is -0.496 e. The third-order valence-corrected chi connectivity index (χ3v) is 7.14. The van der Waals surface area contributed by atoms with Gasteiger partial charge in [-0.25, -0.2) is 0 Å². The molecule has 0 N–H and O–H groups in total. The summed E-state index contributed by atoms with van der Waals surface area (Å²) in [7, 11) is 1.78. The molecule has 0 unspecified atom stereocenters. The molecule has 4 fully saturated rings. The van der Waals surface area contributed by atoms with E-state index < -0.39 is 0 Å². The van der Waals surface area contributed by atoms with Gasteiger partial charge in [-0.2, -0.15) is 5.26 Å². The van der Waals surface area contributed by atoms with Gasteiger partial charge < -0.3 is 4.74 Å². The van der Waals surface area contributed by atoms with Crippen molar-refractivity contribution >= 4 is 0 Å². The molecule has 0 aromatic heterocycles. The van der Waals surface area contributed by atoms with E-state index in [-0.39, 0.29) is 0 Å². The molecule has 3 atom stereocenters. The van der Waals surface area contributed by atoms with Crippen molar-refractivity contribution < 1.29 is 4.74 Å². The molecule has 0 radical (unpaired) electrons. The van der Waals surface area contributed by atoms with Crippen molar-refractivity contribution in [3.05, 3.63) is 65.2 Å². The number of rotatable bonds is 4. The van der Waals surface area contributed by atoms with Crippen LogP contribution in [0.15, 0.2) is 48.5 Å². The molecule has 144 valence electrons. The van der Waals surface area contributed by atoms with Crippen molar-refractivity contribution in [1.29, 1.82) is 5.26 Å². The first-order valence-corrected chi connectivity index (χ1v) is 10.4. The van der Waals surface area contributed by atoms with Crippen LogP contribution in [0.3, 0.4) is 0 Å².